The summed E-state index contributed by atoms with van der Waals surface area (Å²) in [5.74, 6) is -11.1. The van der Waals surface area contributed by atoms with Crippen LogP contribution in [-0.2, 0) is 0 Å². The van der Waals surface area contributed by atoms with E-state index in [0.29, 0.717) is 6.07 Å². The average molecular weight is 316 g/mol. The molecule has 22 heavy (non-hydrogen) atoms. The van der Waals surface area contributed by atoms with Crippen LogP contribution < -0.4 is 10.2 Å². The van der Waals surface area contributed by atoms with E-state index in [1.165, 1.54) is 0 Å². The number of hydrogen-bond acceptors (Lipinski definition) is 1. The molecule has 0 unspecified atom stereocenters. The van der Waals surface area contributed by atoms with Crippen molar-refractivity contribution in [3.8, 4) is 16.9 Å². The van der Waals surface area contributed by atoms with Gasteiger partial charge in [-0.1, -0.05) is 0 Å². The Balaban J connectivity index is 2.96. The Labute approximate surface area is 122 Å². The Hall–Kier alpha value is -2.12. The number of ether oxygens (including phenoxy) is 1. The van der Waals surface area contributed by atoms with Crippen LogP contribution >= 0.6 is 0 Å². The van der Waals surface area contributed by atoms with Gasteiger partial charge in [-0.25, -0.2) is 26.3 Å². The van der Waals surface area contributed by atoms with E-state index in [0.717, 1.165) is 14.0 Å². The summed E-state index contributed by atoms with van der Waals surface area (Å²) < 4.78 is 87.5. The summed E-state index contributed by atoms with van der Waals surface area (Å²) in [5.41, 5.74) is -4.23. The van der Waals surface area contributed by atoms with Crippen molar-refractivity contribution in [2.24, 2.45) is 0 Å². The Bertz CT molecular complexity index is 746. The van der Waals surface area contributed by atoms with E-state index in [9.17, 15) is 26.3 Å². The van der Waals surface area contributed by atoms with Crippen LogP contribution in [0.4, 0.5) is 26.3 Å². The van der Waals surface area contributed by atoms with Gasteiger partial charge in [0.2, 0.25) is 0 Å². The van der Waals surface area contributed by atoms with Crippen LogP contribution in [-0.4, -0.2) is 15.0 Å². The highest BCUT2D eigenvalue weighted by Gasteiger charge is 2.29. The molecule has 2 aromatic rings. The van der Waals surface area contributed by atoms with Gasteiger partial charge in [-0.2, -0.15) is 0 Å². The Morgan fingerprint density at radius 2 is 1.32 bits per heavy atom. The molecule has 0 saturated heterocycles. The molecule has 0 aromatic heterocycles. The second kappa shape index (κ2) is 5.59. The smallest absolute Gasteiger partial charge is 0.175 e. The lowest BCUT2D eigenvalue weighted by atomic mass is 9.90. The first-order valence-electron chi connectivity index (χ1n) is 5.86. The molecule has 0 aliphatic carbocycles. The monoisotopic (exact) mass is 316 g/mol. The molecular formula is C14H7BF6O. The summed E-state index contributed by atoms with van der Waals surface area (Å²) >= 11 is 0. The van der Waals surface area contributed by atoms with Gasteiger partial charge in [0.05, 0.1) is 18.2 Å². The highest BCUT2D eigenvalue weighted by molar-refractivity contribution is 6.34. The van der Waals surface area contributed by atoms with Gasteiger partial charge in [0.1, 0.15) is 19.4 Å². The maximum Gasteiger partial charge on any atom is 0.175 e. The first-order chi connectivity index (χ1) is 10.2. The van der Waals surface area contributed by atoms with E-state index in [2.05, 4.69) is 4.74 Å². The fraction of sp³-hybridized carbons (Fsp3) is 0.143. The van der Waals surface area contributed by atoms with Crippen LogP contribution in [0.15, 0.2) is 6.07 Å². The molecule has 8 heteroatoms. The summed E-state index contributed by atoms with van der Waals surface area (Å²) in [6.45, 7) is 0.789. The standard InChI is InChI=1S/C14H7BF6O/c1-4-9(17)11(19)8(12(20)10(4)18)7-6(16)3-5(15)14(22-2)13(7)21/h3H,1-2H3. The molecule has 2 rings (SSSR count). The predicted octanol–water partition coefficient (Wildman–Crippen LogP) is 3.30. The number of rotatable bonds is 2. The average Bonchev–Trinajstić information content (AvgIpc) is 2.46. The summed E-state index contributed by atoms with van der Waals surface area (Å²) in [6.07, 6.45) is 0. The van der Waals surface area contributed by atoms with E-state index in [1.54, 1.807) is 0 Å². The van der Waals surface area contributed by atoms with Gasteiger partial charge in [0.15, 0.2) is 29.1 Å². The molecule has 0 amide bonds. The summed E-state index contributed by atoms with van der Waals surface area (Å²) in [6, 6.07) is 0.534. The third-order valence-corrected chi connectivity index (χ3v) is 3.14. The van der Waals surface area contributed by atoms with Gasteiger partial charge >= 0.3 is 0 Å². The van der Waals surface area contributed by atoms with Crippen molar-refractivity contribution in [2.75, 3.05) is 7.11 Å². The zero-order valence-electron chi connectivity index (χ0n) is 11.3. The summed E-state index contributed by atoms with van der Waals surface area (Å²) in [5, 5.41) is 0. The third kappa shape index (κ3) is 2.22. The van der Waals surface area contributed by atoms with Gasteiger partial charge in [-0.3, -0.25) is 0 Å². The minimum absolute atomic E-state index is 0.477. The van der Waals surface area contributed by atoms with Gasteiger partial charge in [-0.05, 0) is 18.5 Å². The molecule has 2 radical (unpaired) electrons. The second-order valence-corrected chi connectivity index (χ2v) is 4.43. The molecule has 0 bridgehead atoms. The van der Waals surface area contributed by atoms with Crippen LogP contribution in [0, 0.1) is 41.8 Å². The lowest BCUT2D eigenvalue weighted by molar-refractivity contribution is 0.388. The molecule has 0 N–H and O–H groups in total. The number of hydrogen-bond donors (Lipinski definition) is 0. The molecule has 0 fully saturated rings. The SMILES string of the molecule is [B]c1cc(F)c(-c2c(F)c(F)c(C)c(F)c2F)c(F)c1OC. The van der Waals surface area contributed by atoms with Crippen LogP contribution in [0.25, 0.3) is 11.1 Å². The maximum absolute atomic E-state index is 14.2. The van der Waals surface area contributed by atoms with E-state index < -0.39 is 62.8 Å². The van der Waals surface area contributed by atoms with E-state index >= 15 is 0 Å². The number of methoxy groups -OCH3 is 1. The third-order valence-electron chi connectivity index (χ3n) is 3.14. The van der Waals surface area contributed by atoms with Crippen molar-refractivity contribution in [1.82, 2.24) is 0 Å². The second-order valence-electron chi connectivity index (χ2n) is 4.43. The van der Waals surface area contributed by atoms with Gasteiger partial charge in [0, 0.05) is 5.56 Å². The zero-order chi connectivity index (χ0) is 16.8. The van der Waals surface area contributed by atoms with Crippen molar-refractivity contribution in [1.29, 1.82) is 0 Å². The number of benzene rings is 2. The van der Waals surface area contributed by atoms with E-state index in [-0.39, 0.29) is 0 Å². The maximum atomic E-state index is 14.2. The molecule has 0 aliphatic rings. The Morgan fingerprint density at radius 1 is 0.818 bits per heavy atom. The van der Waals surface area contributed by atoms with Gasteiger partial charge in [0.25, 0.3) is 0 Å². The van der Waals surface area contributed by atoms with Gasteiger partial charge < -0.3 is 4.74 Å². The van der Waals surface area contributed by atoms with Crippen molar-refractivity contribution in [3.05, 3.63) is 46.5 Å². The molecule has 114 valence electrons. The highest BCUT2D eigenvalue weighted by Crippen LogP contribution is 2.36. The van der Waals surface area contributed by atoms with Crippen molar-refractivity contribution in [3.63, 3.8) is 0 Å². The fourth-order valence-electron chi connectivity index (χ4n) is 2.02. The van der Waals surface area contributed by atoms with Crippen LogP contribution in [0.2, 0.25) is 0 Å². The fourth-order valence-corrected chi connectivity index (χ4v) is 2.02. The molecule has 2 aromatic carbocycles. The van der Waals surface area contributed by atoms with E-state index in [1.807, 2.05) is 0 Å². The van der Waals surface area contributed by atoms with Crippen molar-refractivity contribution < 1.29 is 31.1 Å². The lowest BCUT2D eigenvalue weighted by Crippen LogP contribution is -2.14. The van der Waals surface area contributed by atoms with Crippen LogP contribution in [0.3, 0.4) is 0 Å². The molecule has 0 saturated carbocycles. The summed E-state index contributed by atoms with van der Waals surface area (Å²) in [7, 11) is 6.28. The first-order valence-corrected chi connectivity index (χ1v) is 5.86. The molecule has 1 nitrogen and oxygen atoms in total. The minimum Gasteiger partial charge on any atom is -0.494 e. The van der Waals surface area contributed by atoms with Crippen LogP contribution in [0.5, 0.6) is 5.75 Å². The Morgan fingerprint density at radius 3 is 1.77 bits per heavy atom. The first kappa shape index (κ1) is 16.3. The number of halogens is 6. The van der Waals surface area contributed by atoms with Crippen molar-refractivity contribution in [2.45, 2.75) is 6.92 Å². The largest absolute Gasteiger partial charge is 0.494 e. The van der Waals surface area contributed by atoms with Crippen LogP contribution in [0.1, 0.15) is 5.56 Å². The van der Waals surface area contributed by atoms with E-state index in [4.69, 9.17) is 7.85 Å². The zero-order valence-corrected chi connectivity index (χ0v) is 11.3. The molecule has 0 atom stereocenters. The highest BCUT2D eigenvalue weighted by atomic mass is 19.2. The predicted molar refractivity (Wildman–Crippen MR) is 68.3 cm³/mol. The molecule has 0 heterocycles. The quantitative estimate of drug-likeness (QED) is 0.469. The summed E-state index contributed by atoms with van der Waals surface area (Å²) in [4.78, 5) is 0. The topological polar surface area (TPSA) is 9.23 Å². The normalized spacial score (nSPS) is 10.9. The molecule has 0 spiro atoms. The molecular weight excluding hydrogens is 309 g/mol. The lowest BCUT2D eigenvalue weighted by Gasteiger charge is -2.15. The van der Waals surface area contributed by atoms with Crippen molar-refractivity contribution >= 4 is 13.3 Å². The minimum atomic E-state index is -1.92. The van der Waals surface area contributed by atoms with Gasteiger partial charge in [-0.15, -0.1) is 0 Å². The Kier molecular flexibility index (Phi) is 4.13. The molecule has 0 aliphatic heterocycles.